The van der Waals surface area contributed by atoms with Crippen LogP contribution in [-0.2, 0) is 4.79 Å². The first-order chi connectivity index (χ1) is 12.1. The van der Waals surface area contributed by atoms with Crippen molar-refractivity contribution in [3.63, 3.8) is 0 Å². The average Bonchev–Trinajstić information content (AvgIpc) is 2.56. The predicted molar refractivity (Wildman–Crippen MR) is 111 cm³/mol. The van der Waals surface area contributed by atoms with E-state index in [1.54, 1.807) is 0 Å². The van der Waals surface area contributed by atoms with Crippen LogP contribution in [0.2, 0.25) is 11.1 Å². The van der Waals surface area contributed by atoms with Crippen LogP contribution in [0.3, 0.4) is 0 Å². The number of esters is 1. The van der Waals surface area contributed by atoms with Gasteiger partial charge >= 0.3 is 5.97 Å². The molecule has 3 nitrogen and oxygen atoms in total. The number of aromatic nitrogens is 1. The maximum Gasteiger partial charge on any atom is 0.316 e. The summed E-state index contributed by atoms with van der Waals surface area (Å²) in [6, 6.07) is 14.2. The van der Waals surface area contributed by atoms with E-state index < -0.39 is 13.5 Å². The van der Waals surface area contributed by atoms with Crippen LogP contribution in [0, 0.1) is 5.41 Å². The van der Waals surface area contributed by atoms with Crippen LogP contribution in [-0.4, -0.2) is 19.0 Å². The van der Waals surface area contributed by atoms with Gasteiger partial charge in [-0.3, -0.25) is 9.78 Å². The second-order valence-electron chi connectivity index (χ2n) is 8.53. The lowest BCUT2D eigenvalue weighted by Gasteiger charge is -2.40. The first-order valence-corrected chi connectivity index (χ1v) is 11.5. The molecule has 0 fully saturated rings. The van der Waals surface area contributed by atoms with Gasteiger partial charge in [-0.25, -0.2) is 0 Å². The monoisotopic (exact) mass is 369 g/mol. The van der Waals surface area contributed by atoms with Gasteiger partial charge in [0.1, 0.15) is 5.75 Å². The van der Waals surface area contributed by atoms with Crippen LogP contribution in [0.5, 0.6) is 5.75 Å². The Hall–Kier alpha value is -1.94. The van der Waals surface area contributed by atoms with Crippen molar-refractivity contribution in [2.45, 2.75) is 59.5 Å². The van der Waals surface area contributed by atoms with Gasteiger partial charge in [0.15, 0.2) is 8.07 Å². The number of hydrogen-bond acceptors (Lipinski definition) is 3. The topological polar surface area (TPSA) is 39.2 Å². The van der Waals surface area contributed by atoms with E-state index >= 15 is 0 Å². The van der Waals surface area contributed by atoms with Crippen molar-refractivity contribution in [2.24, 2.45) is 5.41 Å². The third-order valence-corrected chi connectivity index (χ3v) is 11.1. The molecule has 140 valence electrons. The van der Waals surface area contributed by atoms with E-state index in [0.29, 0.717) is 16.8 Å². The minimum absolute atomic E-state index is 0.207. The van der Waals surface area contributed by atoms with Gasteiger partial charge in [-0.1, -0.05) is 52.0 Å². The van der Waals surface area contributed by atoms with Crippen molar-refractivity contribution in [1.82, 2.24) is 4.98 Å². The normalized spacial score (nSPS) is 12.5. The van der Waals surface area contributed by atoms with Gasteiger partial charge in [-0.15, -0.1) is 0 Å². The number of carbonyl (C=O) groups excluding carboxylic acids is 1. The second-order valence-corrected chi connectivity index (χ2v) is 13.6. The molecule has 0 bridgehead atoms. The van der Waals surface area contributed by atoms with Gasteiger partial charge in [0.25, 0.3) is 0 Å². The van der Waals surface area contributed by atoms with Crippen molar-refractivity contribution < 1.29 is 9.53 Å². The lowest BCUT2D eigenvalue weighted by Crippen LogP contribution is -2.64. The van der Waals surface area contributed by atoms with E-state index in [-0.39, 0.29) is 5.97 Å². The highest BCUT2D eigenvalue weighted by Crippen LogP contribution is 2.34. The zero-order valence-corrected chi connectivity index (χ0v) is 18.0. The fourth-order valence-electron chi connectivity index (χ4n) is 3.78. The van der Waals surface area contributed by atoms with E-state index in [4.69, 9.17) is 9.72 Å². The fraction of sp³-hybridized carbons (Fsp3) is 0.455. The van der Waals surface area contributed by atoms with Gasteiger partial charge in [-0.05, 0) is 55.2 Å². The molecule has 0 atom stereocenters. The number of benzene rings is 1. The molecule has 0 spiro atoms. The molecule has 2 rings (SSSR count). The minimum atomic E-state index is -2.26. The van der Waals surface area contributed by atoms with Crippen molar-refractivity contribution >= 4 is 24.5 Å². The quantitative estimate of drug-likeness (QED) is 0.445. The van der Waals surface area contributed by atoms with Gasteiger partial charge in [0.2, 0.25) is 0 Å². The molecular weight excluding hydrogens is 338 g/mol. The van der Waals surface area contributed by atoms with Gasteiger partial charge in [0, 0.05) is 11.5 Å². The Morgan fingerprint density at radius 3 is 2.04 bits per heavy atom. The smallest absolute Gasteiger partial charge is 0.316 e. The predicted octanol–water partition coefficient (Wildman–Crippen LogP) is 4.42. The Morgan fingerprint density at radius 2 is 1.54 bits per heavy atom. The van der Waals surface area contributed by atoms with E-state index in [9.17, 15) is 4.79 Å². The molecule has 0 saturated heterocycles. The van der Waals surface area contributed by atoms with Crippen molar-refractivity contribution in [3.05, 3.63) is 48.7 Å². The molecule has 0 radical (unpaired) electrons. The molecule has 2 aromatic rings. The van der Waals surface area contributed by atoms with Crippen LogP contribution in [0.1, 0.15) is 48.5 Å². The summed E-state index contributed by atoms with van der Waals surface area (Å²) in [5.41, 5.74) is 0.275. The molecule has 0 aliphatic carbocycles. The van der Waals surface area contributed by atoms with E-state index in [2.05, 4.69) is 45.9 Å². The summed E-state index contributed by atoms with van der Waals surface area (Å²) in [5, 5.41) is 2.30. The van der Waals surface area contributed by atoms with Crippen LogP contribution < -0.4 is 15.2 Å². The zero-order chi connectivity index (χ0) is 19.5. The zero-order valence-electron chi connectivity index (χ0n) is 17.0. The van der Waals surface area contributed by atoms with Gasteiger partial charge < -0.3 is 4.74 Å². The van der Waals surface area contributed by atoms with Gasteiger partial charge in [-0.2, -0.15) is 0 Å². The number of pyridine rings is 1. The number of rotatable bonds is 5. The highest BCUT2D eigenvalue weighted by Gasteiger charge is 2.47. The summed E-state index contributed by atoms with van der Waals surface area (Å²) >= 11 is 0. The van der Waals surface area contributed by atoms with Crippen LogP contribution in [0.25, 0.3) is 0 Å². The summed E-state index contributed by atoms with van der Waals surface area (Å²) < 4.78 is 5.91. The molecule has 0 N–H and O–H groups in total. The third-order valence-electron chi connectivity index (χ3n) is 5.06. The molecule has 0 amide bonds. The standard InChI is InChI=1S/C22H31NO2Si/c1-16(2)26(17(3)4,20-14-10-11-15-23-20)19-13-9-8-12-18(19)25-21(24)22(5,6)7/h8-17H,1-7H3. The molecule has 1 heterocycles. The summed E-state index contributed by atoms with van der Waals surface area (Å²) in [7, 11) is -2.26. The maximum absolute atomic E-state index is 12.6. The number of para-hydroxylation sites is 1. The van der Waals surface area contributed by atoms with Crippen molar-refractivity contribution in [3.8, 4) is 5.75 Å². The molecule has 1 aromatic carbocycles. The highest BCUT2D eigenvalue weighted by molar-refractivity contribution is 7.04. The molecule has 1 aromatic heterocycles. The Balaban J connectivity index is 2.70. The molecule has 0 aliphatic rings. The molecule has 26 heavy (non-hydrogen) atoms. The molecule has 0 aliphatic heterocycles. The number of nitrogens with zero attached hydrogens (tertiary/aromatic N) is 1. The summed E-state index contributed by atoms with van der Waals surface area (Å²) in [5.74, 6) is 0.480. The highest BCUT2D eigenvalue weighted by atomic mass is 28.3. The number of hydrogen-bond donors (Lipinski definition) is 0. The largest absolute Gasteiger partial charge is 0.426 e. The van der Waals surface area contributed by atoms with Crippen molar-refractivity contribution in [2.75, 3.05) is 0 Å². The van der Waals surface area contributed by atoms with Crippen molar-refractivity contribution in [1.29, 1.82) is 0 Å². The fourth-order valence-corrected chi connectivity index (χ4v) is 9.39. The Labute approximate surface area is 158 Å². The third kappa shape index (κ3) is 3.75. The lowest BCUT2D eigenvalue weighted by molar-refractivity contribution is -0.142. The first kappa shape index (κ1) is 20.4. The molecule has 0 unspecified atom stereocenters. The molecule has 4 heteroatoms. The Bertz CT molecular complexity index is 740. The summed E-state index contributed by atoms with van der Waals surface area (Å²) in [6.45, 7) is 14.7. The lowest BCUT2D eigenvalue weighted by atomic mass is 9.97. The van der Waals surface area contributed by atoms with Crippen LogP contribution >= 0.6 is 0 Å². The second kappa shape index (κ2) is 7.75. The Morgan fingerprint density at radius 1 is 0.962 bits per heavy atom. The van der Waals surface area contributed by atoms with Crippen LogP contribution in [0.4, 0.5) is 0 Å². The average molecular weight is 370 g/mol. The first-order valence-electron chi connectivity index (χ1n) is 9.35. The Kier molecular flexibility index (Phi) is 6.07. The van der Waals surface area contributed by atoms with E-state index in [0.717, 1.165) is 10.5 Å². The minimum Gasteiger partial charge on any atom is -0.426 e. The molecule has 0 saturated carbocycles. The number of carbonyl (C=O) groups is 1. The van der Waals surface area contributed by atoms with E-state index in [1.807, 2.05) is 51.2 Å². The summed E-state index contributed by atoms with van der Waals surface area (Å²) in [4.78, 5) is 17.3. The molecular formula is C22H31NO2Si. The van der Waals surface area contributed by atoms with E-state index in [1.165, 1.54) is 0 Å². The van der Waals surface area contributed by atoms with Gasteiger partial charge in [0.05, 0.1) is 5.41 Å². The maximum atomic E-state index is 12.6. The SMILES string of the molecule is CC(C)[Si](c1ccccn1)(c1ccccc1OC(=O)C(C)(C)C)C(C)C. The van der Waals surface area contributed by atoms with Crippen LogP contribution in [0.15, 0.2) is 48.7 Å². The summed E-state index contributed by atoms with van der Waals surface area (Å²) in [6.07, 6.45) is 1.87. The number of ether oxygens (including phenoxy) is 1.